The van der Waals surface area contributed by atoms with E-state index in [1.165, 1.54) is 0 Å². The molecule has 0 unspecified atom stereocenters. The minimum Gasteiger partial charge on any atom is -0.507 e. The Bertz CT molecular complexity index is 1350. The van der Waals surface area contributed by atoms with Gasteiger partial charge >= 0.3 is 17.9 Å². The molecule has 0 aliphatic carbocycles. The Hall–Kier alpha value is -3.61. The molecule has 0 saturated carbocycles. The van der Waals surface area contributed by atoms with Crippen LogP contribution in [0.4, 0.5) is 0 Å². The van der Waals surface area contributed by atoms with Crippen molar-refractivity contribution >= 4 is 17.9 Å². The van der Waals surface area contributed by atoms with Gasteiger partial charge in [0, 0.05) is 30.0 Å². The summed E-state index contributed by atoms with van der Waals surface area (Å²) in [6.07, 6.45) is 2.40. The van der Waals surface area contributed by atoms with Crippen LogP contribution in [0, 0.1) is 0 Å². The molecule has 0 aromatic heterocycles. The van der Waals surface area contributed by atoms with Crippen LogP contribution >= 0.6 is 0 Å². The average molecular weight is 637 g/mol. The van der Waals surface area contributed by atoms with Crippen molar-refractivity contribution in [3.63, 3.8) is 0 Å². The molecule has 0 aliphatic heterocycles. The van der Waals surface area contributed by atoms with Crippen LogP contribution in [-0.2, 0) is 58.4 Å². The number of aryl methyl sites for hydroxylation is 2. The van der Waals surface area contributed by atoms with Crippen molar-refractivity contribution in [1.82, 2.24) is 0 Å². The third-order valence-electron chi connectivity index (χ3n) is 7.76. The van der Waals surface area contributed by atoms with Gasteiger partial charge in [0.05, 0.1) is 0 Å². The Morgan fingerprint density at radius 2 is 0.957 bits per heavy atom. The van der Waals surface area contributed by atoms with Gasteiger partial charge in [0.15, 0.2) is 0 Å². The van der Waals surface area contributed by atoms with Crippen molar-refractivity contribution in [2.75, 3.05) is 13.2 Å². The Balaban J connectivity index is 1.99. The smallest absolute Gasteiger partial charge is 0.335 e. The molecule has 0 radical (unpaired) electrons. The van der Waals surface area contributed by atoms with Crippen LogP contribution in [0.3, 0.4) is 0 Å². The first-order valence-electron chi connectivity index (χ1n) is 16.2. The van der Waals surface area contributed by atoms with Crippen LogP contribution in [0.25, 0.3) is 0 Å². The number of phenols is 1. The van der Waals surface area contributed by atoms with Gasteiger partial charge in [0.1, 0.15) is 24.7 Å². The molecule has 0 fully saturated rings. The van der Waals surface area contributed by atoms with Gasteiger partial charge in [-0.05, 0) is 56.8 Å². The first-order chi connectivity index (χ1) is 20.9. The van der Waals surface area contributed by atoms with Crippen molar-refractivity contribution in [2.24, 2.45) is 0 Å². The average Bonchev–Trinajstić information content (AvgIpc) is 2.91. The minimum atomic E-state index is -0.516. The number of esters is 3. The third-order valence-corrected chi connectivity index (χ3v) is 7.76. The summed E-state index contributed by atoms with van der Waals surface area (Å²) in [5.41, 5.74) is 4.23. The van der Waals surface area contributed by atoms with E-state index >= 15 is 0 Å². The summed E-state index contributed by atoms with van der Waals surface area (Å²) in [5.74, 6) is -0.435. The molecule has 2 rings (SSSR count). The van der Waals surface area contributed by atoms with Crippen LogP contribution in [-0.4, -0.2) is 36.2 Å². The maximum atomic E-state index is 12.6. The van der Waals surface area contributed by atoms with E-state index in [9.17, 15) is 19.5 Å². The van der Waals surface area contributed by atoms with Gasteiger partial charge in [-0.15, -0.1) is 0 Å². The van der Waals surface area contributed by atoms with Crippen LogP contribution < -0.4 is 4.74 Å². The molecule has 7 heteroatoms. The first kappa shape index (κ1) is 38.6. The molecule has 2 aromatic rings. The molecule has 0 bridgehead atoms. The van der Waals surface area contributed by atoms with Crippen molar-refractivity contribution < 1.29 is 33.7 Å². The van der Waals surface area contributed by atoms with Crippen LogP contribution in [0.2, 0.25) is 0 Å². The lowest BCUT2D eigenvalue weighted by atomic mass is 9.78. The Kier molecular flexibility index (Phi) is 12.5. The van der Waals surface area contributed by atoms with E-state index in [-0.39, 0.29) is 59.7 Å². The monoisotopic (exact) mass is 636 g/mol. The van der Waals surface area contributed by atoms with E-state index in [0.717, 1.165) is 39.5 Å². The zero-order chi connectivity index (χ0) is 35.3. The summed E-state index contributed by atoms with van der Waals surface area (Å²) in [6.45, 7) is 28.1. The largest absolute Gasteiger partial charge is 0.507 e. The van der Waals surface area contributed by atoms with E-state index in [2.05, 4.69) is 89.7 Å². The Labute approximate surface area is 276 Å². The van der Waals surface area contributed by atoms with Gasteiger partial charge in [-0.2, -0.15) is 0 Å². The second-order valence-corrected chi connectivity index (χ2v) is 16.1. The maximum absolute atomic E-state index is 12.6. The Morgan fingerprint density at radius 3 is 1.26 bits per heavy atom. The highest BCUT2D eigenvalue weighted by Gasteiger charge is 2.29. The summed E-state index contributed by atoms with van der Waals surface area (Å²) < 4.78 is 16.4. The third kappa shape index (κ3) is 11.0. The molecule has 46 heavy (non-hydrogen) atoms. The van der Waals surface area contributed by atoms with Gasteiger partial charge in [-0.1, -0.05) is 114 Å². The number of benzene rings is 2. The van der Waals surface area contributed by atoms with E-state index in [1.807, 2.05) is 24.3 Å². The zero-order valence-electron chi connectivity index (χ0n) is 30.2. The van der Waals surface area contributed by atoms with Crippen LogP contribution in [0.5, 0.6) is 11.5 Å². The number of aromatic hydroxyl groups is 1. The van der Waals surface area contributed by atoms with E-state index in [1.54, 1.807) is 0 Å². The summed E-state index contributed by atoms with van der Waals surface area (Å²) in [4.78, 5) is 37.2. The molecule has 1 N–H and O–H groups in total. The fourth-order valence-electron chi connectivity index (χ4n) is 5.13. The highest BCUT2D eigenvalue weighted by Crippen LogP contribution is 2.42. The second kappa shape index (κ2) is 14.9. The summed E-state index contributed by atoms with van der Waals surface area (Å²) in [5, 5.41) is 10.9. The number of hydrogen-bond acceptors (Lipinski definition) is 7. The topological polar surface area (TPSA) is 99.1 Å². The Morgan fingerprint density at radius 1 is 0.630 bits per heavy atom. The molecule has 7 nitrogen and oxygen atoms in total. The fourth-order valence-corrected chi connectivity index (χ4v) is 5.13. The summed E-state index contributed by atoms with van der Waals surface area (Å²) in [7, 11) is 0. The van der Waals surface area contributed by atoms with Gasteiger partial charge in [-0.25, -0.2) is 4.79 Å². The predicted octanol–water partition coefficient (Wildman–Crippen LogP) is 8.33. The van der Waals surface area contributed by atoms with Gasteiger partial charge in [-0.3, -0.25) is 9.59 Å². The molecule has 0 aliphatic rings. The van der Waals surface area contributed by atoms with Gasteiger partial charge in [0.25, 0.3) is 0 Å². The van der Waals surface area contributed by atoms with Crippen molar-refractivity contribution in [3.8, 4) is 11.5 Å². The number of ether oxygens (including phenoxy) is 3. The molecule has 0 saturated heterocycles. The number of phenolic OH excluding ortho intramolecular Hbond substituents is 1. The molecular formula is C39H56O7. The maximum Gasteiger partial charge on any atom is 0.335 e. The molecule has 0 spiro atoms. The molecular weight excluding hydrogens is 580 g/mol. The van der Waals surface area contributed by atoms with E-state index in [0.29, 0.717) is 24.3 Å². The number of carbonyl (C=O) groups is 3. The van der Waals surface area contributed by atoms with Gasteiger partial charge in [0.2, 0.25) is 0 Å². The lowest BCUT2D eigenvalue weighted by Crippen LogP contribution is -2.22. The van der Waals surface area contributed by atoms with Crippen LogP contribution in [0.1, 0.15) is 129 Å². The first-order valence-corrected chi connectivity index (χ1v) is 16.2. The van der Waals surface area contributed by atoms with Crippen molar-refractivity contribution in [1.29, 1.82) is 0 Å². The molecule has 0 atom stereocenters. The van der Waals surface area contributed by atoms with Gasteiger partial charge < -0.3 is 19.3 Å². The zero-order valence-corrected chi connectivity index (χ0v) is 30.2. The number of hydrogen-bond donors (Lipinski definition) is 1. The molecule has 0 heterocycles. The van der Waals surface area contributed by atoms with E-state index in [4.69, 9.17) is 14.2 Å². The molecule has 2 aromatic carbocycles. The fraction of sp³-hybridized carbons (Fsp3) is 0.564. The SMILES string of the molecule is C=CC(=O)Oc1c(C(C)(C)C)cc(CCC(=O)OCCOC(=O)CCc2cc(C(C)(C)C)c(O)c(C(C)(C)C)c2)cc1C(C)(C)C. The highest BCUT2D eigenvalue weighted by atomic mass is 16.6. The van der Waals surface area contributed by atoms with E-state index < -0.39 is 5.97 Å². The minimum absolute atomic E-state index is 0.0215. The summed E-state index contributed by atoms with van der Waals surface area (Å²) in [6, 6.07) is 7.91. The number of carbonyl (C=O) groups excluding carboxylic acids is 3. The lowest BCUT2D eigenvalue weighted by molar-refractivity contribution is -0.152. The van der Waals surface area contributed by atoms with Crippen molar-refractivity contribution in [2.45, 2.75) is 130 Å². The number of rotatable bonds is 11. The highest BCUT2D eigenvalue weighted by molar-refractivity contribution is 5.84. The normalized spacial score (nSPS) is 12.4. The summed E-state index contributed by atoms with van der Waals surface area (Å²) >= 11 is 0. The lowest BCUT2D eigenvalue weighted by Gasteiger charge is -2.30. The predicted molar refractivity (Wildman–Crippen MR) is 184 cm³/mol. The quantitative estimate of drug-likeness (QED) is 0.115. The van der Waals surface area contributed by atoms with Crippen molar-refractivity contribution in [3.05, 3.63) is 70.3 Å². The standard InChI is InChI=1S/C39H56O7/c1-14-31(40)46-35-29(38(8,9)10)23-26(24-30(35)39(11,12)13)16-18-33(42)45-20-19-44-32(41)17-15-25-21-27(36(2,3)4)34(43)28(22-25)37(5,6)7/h14,21-24,43H,1,15-20H2,2-13H3. The molecule has 254 valence electrons. The second-order valence-electron chi connectivity index (χ2n) is 16.1. The molecule has 0 amide bonds. The van der Waals surface area contributed by atoms with Crippen LogP contribution in [0.15, 0.2) is 36.9 Å².